The van der Waals surface area contributed by atoms with Crippen LogP contribution < -0.4 is 4.74 Å². The average molecular weight is 216 g/mol. The van der Waals surface area contributed by atoms with Gasteiger partial charge in [0.2, 0.25) is 0 Å². The Labute approximate surface area is 97.8 Å². The zero-order valence-electron chi connectivity index (χ0n) is 10.3. The Morgan fingerprint density at radius 2 is 2.00 bits per heavy atom. The van der Waals surface area contributed by atoms with Crippen molar-refractivity contribution in [3.63, 3.8) is 0 Å². The molecule has 2 aliphatic rings. The summed E-state index contributed by atoms with van der Waals surface area (Å²) >= 11 is 0. The number of hydrogen-bond donors (Lipinski definition) is 0. The maximum Gasteiger partial charge on any atom is 0.126 e. The van der Waals surface area contributed by atoms with Gasteiger partial charge in [0.1, 0.15) is 5.75 Å². The molecule has 0 N–H and O–H groups in total. The van der Waals surface area contributed by atoms with Crippen LogP contribution in [0.4, 0.5) is 0 Å². The first kappa shape index (κ1) is 10.2. The van der Waals surface area contributed by atoms with Gasteiger partial charge < -0.3 is 4.74 Å². The minimum atomic E-state index is 0.485. The molecule has 0 aromatic heterocycles. The van der Waals surface area contributed by atoms with Crippen LogP contribution in [0.25, 0.3) is 0 Å². The molecule has 1 aromatic carbocycles. The van der Waals surface area contributed by atoms with Crippen molar-refractivity contribution < 1.29 is 4.74 Å². The van der Waals surface area contributed by atoms with Crippen LogP contribution in [-0.2, 0) is 5.41 Å². The highest BCUT2D eigenvalue weighted by Gasteiger charge is 2.43. The summed E-state index contributed by atoms with van der Waals surface area (Å²) in [5.41, 5.74) is 3.37. The van der Waals surface area contributed by atoms with Gasteiger partial charge in [-0.15, -0.1) is 0 Å². The van der Waals surface area contributed by atoms with E-state index in [2.05, 4.69) is 32.0 Å². The normalized spacial score (nSPS) is 21.4. The first-order valence-electron chi connectivity index (χ1n) is 6.49. The summed E-state index contributed by atoms with van der Waals surface area (Å²) in [6.45, 7) is 5.42. The molecule has 86 valence electrons. The highest BCUT2D eigenvalue weighted by Crippen LogP contribution is 2.53. The second kappa shape index (κ2) is 3.51. The molecule has 1 fully saturated rings. The van der Waals surface area contributed by atoms with E-state index in [0.717, 1.165) is 6.61 Å². The summed E-state index contributed by atoms with van der Waals surface area (Å²) in [7, 11) is 0. The van der Waals surface area contributed by atoms with Gasteiger partial charge in [-0.3, -0.25) is 0 Å². The molecule has 1 spiro atoms. The Hall–Kier alpha value is -0.980. The number of fused-ring (bicyclic) bond motifs is 2. The van der Waals surface area contributed by atoms with Crippen molar-refractivity contribution >= 4 is 0 Å². The van der Waals surface area contributed by atoms with E-state index < -0.39 is 0 Å². The zero-order valence-corrected chi connectivity index (χ0v) is 10.3. The predicted octanol–water partition coefficient (Wildman–Crippen LogP) is 4.01. The Morgan fingerprint density at radius 1 is 1.19 bits per heavy atom. The van der Waals surface area contributed by atoms with Gasteiger partial charge in [0.05, 0.1) is 6.61 Å². The Morgan fingerprint density at radius 3 is 2.62 bits per heavy atom. The van der Waals surface area contributed by atoms with E-state index in [1.807, 2.05) is 0 Å². The second-order valence-corrected chi connectivity index (χ2v) is 5.61. The number of rotatable bonds is 1. The lowest BCUT2D eigenvalue weighted by molar-refractivity contribution is 0.142. The zero-order chi connectivity index (χ0) is 11.2. The SMILES string of the molecule is CC(C)c1cccc2c1OCCC21CCC1. The van der Waals surface area contributed by atoms with E-state index in [9.17, 15) is 0 Å². The lowest BCUT2D eigenvalue weighted by Gasteiger charge is -2.46. The van der Waals surface area contributed by atoms with E-state index >= 15 is 0 Å². The van der Waals surface area contributed by atoms with Crippen molar-refractivity contribution in [2.45, 2.75) is 50.9 Å². The van der Waals surface area contributed by atoms with E-state index in [1.165, 1.54) is 42.6 Å². The van der Waals surface area contributed by atoms with Crippen molar-refractivity contribution in [1.29, 1.82) is 0 Å². The Balaban J connectivity index is 2.12. The minimum absolute atomic E-state index is 0.485. The van der Waals surface area contributed by atoms with Gasteiger partial charge in [-0.25, -0.2) is 0 Å². The molecule has 1 heteroatoms. The standard InChI is InChI=1S/C15H20O/c1-11(2)12-5-3-6-13-14(12)16-10-9-15(13)7-4-8-15/h3,5-6,11H,4,7-10H2,1-2H3. The molecule has 1 heterocycles. The van der Waals surface area contributed by atoms with Crippen LogP contribution in [-0.4, -0.2) is 6.61 Å². The predicted molar refractivity (Wildman–Crippen MR) is 66.2 cm³/mol. The highest BCUT2D eigenvalue weighted by atomic mass is 16.5. The lowest BCUT2D eigenvalue weighted by atomic mass is 9.61. The van der Waals surface area contributed by atoms with Crippen LogP contribution in [0.1, 0.15) is 56.6 Å². The van der Waals surface area contributed by atoms with Gasteiger partial charge in [-0.05, 0) is 30.7 Å². The van der Waals surface area contributed by atoms with Crippen molar-refractivity contribution in [2.75, 3.05) is 6.61 Å². The van der Waals surface area contributed by atoms with Crippen molar-refractivity contribution in [3.8, 4) is 5.75 Å². The minimum Gasteiger partial charge on any atom is -0.493 e. The van der Waals surface area contributed by atoms with Crippen LogP contribution in [0.3, 0.4) is 0 Å². The fourth-order valence-corrected chi connectivity index (χ4v) is 3.19. The summed E-state index contributed by atoms with van der Waals surface area (Å²) in [6.07, 6.45) is 5.35. The molecule has 3 rings (SSSR count). The molecular formula is C15H20O. The third kappa shape index (κ3) is 1.30. The molecule has 1 aliphatic heterocycles. The van der Waals surface area contributed by atoms with Gasteiger partial charge in [0.15, 0.2) is 0 Å². The lowest BCUT2D eigenvalue weighted by Crippen LogP contribution is -2.39. The fourth-order valence-electron chi connectivity index (χ4n) is 3.19. The first-order valence-corrected chi connectivity index (χ1v) is 6.49. The monoisotopic (exact) mass is 216 g/mol. The molecule has 1 nitrogen and oxygen atoms in total. The third-order valence-corrected chi connectivity index (χ3v) is 4.38. The summed E-state index contributed by atoms with van der Waals surface area (Å²) in [5, 5.41) is 0. The third-order valence-electron chi connectivity index (χ3n) is 4.38. The molecule has 1 aliphatic carbocycles. The first-order chi connectivity index (χ1) is 7.73. The van der Waals surface area contributed by atoms with Gasteiger partial charge in [-0.2, -0.15) is 0 Å². The van der Waals surface area contributed by atoms with Crippen molar-refractivity contribution in [1.82, 2.24) is 0 Å². The van der Waals surface area contributed by atoms with Gasteiger partial charge in [0, 0.05) is 11.0 Å². The van der Waals surface area contributed by atoms with E-state index in [1.54, 1.807) is 0 Å². The summed E-state index contributed by atoms with van der Waals surface area (Å²) < 4.78 is 5.95. The molecule has 0 radical (unpaired) electrons. The van der Waals surface area contributed by atoms with E-state index in [4.69, 9.17) is 4.74 Å². The smallest absolute Gasteiger partial charge is 0.126 e. The largest absolute Gasteiger partial charge is 0.493 e. The number of hydrogen-bond acceptors (Lipinski definition) is 1. The fraction of sp³-hybridized carbons (Fsp3) is 0.600. The Bertz CT molecular complexity index is 402. The molecule has 0 saturated heterocycles. The Kier molecular flexibility index (Phi) is 2.24. The molecule has 0 atom stereocenters. The molecular weight excluding hydrogens is 196 g/mol. The van der Waals surface area contributed by atoms with E-state index in [0.29, 0.717) is 11.3 Å². The summed E-state index contributed by atoms with van der Waals surface area (Å²) in [4.78, 5) is 0. The maximum atomic E-state index is 5.95. The van der Waals surface area contributed by atoms with E-state index in [-0.39, 0.29) is 0 Å². The van der Waals surface area contributed by atoms with Crippen LogP contribution in [0.2, 0.25) is 0 Å². The quantitative estimate of drug-likeness (QED) is 0.689. The van der Waals surface area contributed by atoms with Gasteiger partial charge in [0.25, 0.3) is 0 Å². The molecule has 0 bridgehead atoms. The van der Waals surface area contributed by atoms with Crippen LogP contribution >= 0.6 is 0 Å². The number of benzene rings is 1. The average Bonchev–Trinajstić information content (AvgIpc) is 2.25. The molecule has 1 aromatic rings. The molecule has 0 unspecified atom stereocenters. The van der Waals surface area contributed by atoms with Crippen LogP contribution in [0.15, 0.2) is 18.2 Å². The summed E-state index contributed by atoms with van der Waals surface area (Å²) in [5.74, 6) is 1.77. The number of ether oxygens (including phenoxy) is 1. The second-order valence-electron chi connectivity index (χ2n) is 5.61. The molecule has 0 amide bonds. The maximum absolute atomic E-state index is 5.95. The van der Waals surface area contributed by atoms with Crippen LogP contribution in [0, 0.1) is 0 Å². The van der Waals surface area contributed by atoms with Gasteiger partial charge in [-0.1, -0.05) is 38.5 Å². The van der Waals surface area contributed by atoms with Crippen LogP contribution in [0.5, 0.6) is 5.75 Å². The van der Waals surface area contributed by atoms with Crippen molar-refractivity contribution in [2.24, 2.45) is 0 Å². The topological polar surface area (TPSA) is 9.23 Å². The number of para-hydroxylation sites is 1. The molecule has 1 saturated carbocycles. The van der Waals surface area contributed by atoms with Crippen molar-refractivity contribution in [3.05, 3.63) is 29.3 Å². The molecule has 16 heavy (non-hydrogen) atoms. The highest BCUT2D eigenvalue weighted by molar-refractivity contribution is 5.49. The van der Waals surface area contributed by atoms with Gasteiger partial charge >= 0.3 is 0 Å². The summed E-state index contributed by atoms with van der Waals surface area (Å²) in [6, 6.07) is 6.73.